The van der Waals surface area contributed by atoms with Crippen LogP contribution in [0.5, 0.6) is 0 Å². The van der Waals surface area contributed by atoms with Gasteiger partial charge in [-0.2, -0.15) is 0 Å². The summed E-state index contributed by atoms with van der Waals surface area (Å²) in [5.41, 5.74) is 6.91. The van der Waals surface area contributed by atoms with Crippen LogP contribution in [0.15, 0.2) is 58.1 Å². The van der Waals surface area contributed by atoms with Crippen molar-refractivity contribution in [2.24, 2.45) is 0 Å². The Kier molecular flexibility index (Phi) is 4.59. The number of rotatable bonds is 4. The lowest BCUT2D eigenvalue weighted by atomic mass is 10.1. The highest BCUT2D eigenvalue weighted by Gasteiger charge is 2.21. The summed E-state index contributed by atoms with van der Waals surface area (Å²) in [6.45, 7) is 3.48. The molecular formula is C17H13BrClN3O2. The summed E-state index contributed by atoms with van der Waals surface area (Å²) in [4.78, 5) is 15.9. The maximum atomic E-state index is 11.8. The van der Waals surface area contributed by atoms with Gasteiger partial charge in [0.2, 0.25) is 5.91 Å². The predicted molar refractivity (Wildman–Crippen MR) is 97.8 cm³/mol. The van der Waals surface area contributed by atoms with Crippen molar-refractivity contribution >= 4 is 50.2 Å². The fourth-order valence-corrected chi connectivity index (χ4v) is 3.22. The van der Waals surface area contributed by atoms with Crippen LogP contribution in [0.4, 0.5) is 5.82 Å². The quantitative estimate of drug-likeness (QED) is 0.636. The number of nitrogens with zero attached hydrogens (tertiary/aromatic N) is 1. The number of amides is 1. The van der Waals surface area contributed by atoms with Crippen molar-refractivity contribution in [1.29, 1.82) is 0 Å². The molecule has 1 aromatic carbocycles. The number of nitrogens with one attached hydrogen (secondary N) is 1. The van der Waals surface area contributed by atoms with Crippen molar-refractivity contribution in [3.8, 4) is 0 Å². The second kappa shape index (κ2) is 6.67. The molecule has 3 aromatic rings. The second-order valence-electron chi connectivity index (χ2n) is 5.12. The van der Waals surface area contributed by atoms with E-state index in [1.165, 1.54) is 6.08 Å². The number of anilines is 1. The van der Waals surface area contributed by atoms with E-state index < -0.39 is 6.04 Å². The van der Waals surface area contributed by atoms with Gasteiger partial charge < -0.3 is 15.5 Å². The Labute approximate surface area is 151 Å². The molecule has 24 heavy (non-hydrogen) atoms. The standard InChI is InChI=1S/C17H13BrClN3O2/c1-2-15(23)22-16(9-3-4-14(20)21-8-9)13-6-10-5-11(18)7-12(19)17(10)24-13/h2-8,16H,1H2,(H2,20,21)(H,22,23). The maximum Gasteiger partial charge on any atom is 0.244 e. The van der Waals surface area contributed by atoms with E-state index in [1.54, 1.807) is 24.4 Å². The third-order valence-corrected chi connectivity index (χ3v) is 4.19. The normalized spacial score (nSPS) is 12.1. The summed E-state index contributed by atoms with van der Waals surface area (Å²) in [6, 6.07) is 8.37. The number of hydrogen-bond donors (Lipinski definition) is 2. The Morgan fingerprint density at radius 2 is 2.21 bits per heavy atom. The van der Waals surface area contributed by atoms with E-state index in [-0.39, 0.29) is 5.91 Å². The molecule has 3 N–H and O–H groups in total. The van der Waals surface area contributed by atoms with Crippen molar-refractivity contribution in [2.45, 2.75) is 6.04 Å². The molecule has 0 aliphatic rings. The fourth-order valence-electron chi connectivity index (χ4n) is 2.35. The summed E-state index contributed by atoms with van der Waals surface area (Å²) in [7, 11) is 0. The van der Waals surface area contributed by atoms with Crippen LogP contribution in [-0.2, 0) is 4.79 Å². The molecule has 0 bridgehead atoms. The molecule has 3 rings (SSSR count). The second-order valence-corrected chi connectivity index (χ2v) is 6.44. The predicted octanol–water partition coefficient (Wildman–Crippen LogP) is 4.22. The van der Waals surface area contributed by atoms with Crippen molar-refractivity contribution < 1.29 is 9.21 Å². The molecule has 122 valence electrons. The maximum absolute atomic E-state index is 11.8. The minimum absolute atomic E-state index is 0.329. The number of furan rings is 1. The molecule has 5 nitrogen and oxygen atoms in total. The first kappa shape index (κ1) is 16.5. The number of nitrogens with two attached hydrogens (primary N) is 1. The first-order chi connectivity index (χ1) is 11.5. The topological polar surface area (TPSA) is 81.2 Å². The first-order valence-electron chi connectivity index (χ1n) is 7.01. The van der Waals surface area contributed by atoms with E-state index >= 15 is 0 Å². The van der Waals surface area contributed by atoms with Crippen LogP contribution in [0.25, 0.3) is 11.0 Å². The lowest BCUT2D eigenvalue weighted by Gasteiger charge is -2.15. The zero-order valence-corrected chi connectivity index (χ0v) is 14.8. The van der Waals surface area contributed by atoms with Crippen LogP contribution in [0.3, 0.4) is 0 Å². The molecule has 0 saturated heterocycles. The van der Waals surface area contributed by atoms with Crippen molar-refractivity contribution in [3.63, 3.8) is 0 Å². The number of hydrogen-bond acceptors (Lipinski definition) is 4. The lowest BCUT2D eigenvalue weighted by Crippen LogP contribution is -2.27. The molecule has 2 aromatic heterocycles. The number of aromatic nitrogens is 1. The average molecular weight is 407 g/mol. The van der Waals surface area contributed by atoms with E-state index in [0.29, 0.717) is 22.2 Å². The molecule has 1 amide bonds. The number of carbonyl (C=O) groups excluding carboxylic acids is 1. The molecular weight excluding hydrogens is 394 g/mol. The van der Waals surface area contributed by atoms with Crippen molar-refractivity contribution in [2.75, 3.05) is 5.73 Å². The van der Waals surface area contributed by atoms with Gasteiger partial charge in [-0.1, -0.05) is 40.2 Å². The summed E-state index contributed by atoms with van der Waals surface area (Å²) >= 11 is 9.62. The van der Waals surface area contributed by atoms with Gasteiger partial charge in [-0.25, -0.2) is 4.98 Å². The molecule has 7 heteroatoms. The zero-order chi connectivity index (χ0) is 17.3. The van der Waals surface area contributed by atoms with E-state index in [1.807, 2.05) is 12.1 Å². The molecule has 0 aliphatic carbocycles. The van der Waals surface area contributed by atoms with E-state index in [4.69, 9.17) is 21.8 Å². The Bertz CT molecular complexity index is 921. The lowest BCUT2D eigenvalue weighted by molar-refractivity contribution is -0.117. The van der Waals surface area contributed by atoms with Gasteiger partial charge >= 0.3 is 0 Å². The minimum atomic E-state index is -0.536. The molecule has 2 heterocycles. The van der Waals surface area contributed by atoms with Crippen LogP contribution in [0, 0.1) is 0 Å². The SMILES string of the molecule is C=CC(=O)NC(c1ccc(N)nc1)c1cc2cc(Br)cc(Cl)c2o1. The molecule has 0 fully saturated rings. The molecule has 1 unspecified atom stereocenters. The summed E-state index contributed by atoms with van der Waals surface area (Å²) in [5.74, 6) is 0.598. The smallest absolute Gasteiger partial charge is 0.244 e. The third kappa shape index (κ3) is 3.29. The summed E-state index contributed by atoms with van der Waals surface area (Å²) in [5, 5.41) is 4.13. The van der Waals surface area contributed by atoms with E-state index in [0.717, 1.165) is 15.4 Å². The highest BCUT2D eigenvalue weighted by Crippen LogP contribution is 2.34. The van der Waals surface area contributed by atoms with Gasteiger partial charge in [-0.3, -0.25) is 4.79 Å². The molecule has 1 atom stereocenters. The van der Waals surface area contributed by atoms with Crippen molar-refractivity contribution in [1.82, 2.24) is 10.3 Å². The highest BCUT2D eigenvalue weighted by molar-refractivity contribution is 9.10. The summed E-state index contributed by atoms with van der Waals surface area (Å²) < 4.78 is 6.73. The van der Waals surface area contributed by atoms with Crippen LogP contribution >= 0.6 is 27.5 Å². The number of pyridine rings is 1. The molecule has 0 radical (unpaired) electrons. The number of halogens is 2. The van der Waals surface area contributed by atoms with Gasteiger partial charge in [0.05, 0.1) is 5.02 Å². The van der Waals surface area contributed by atoms with E-state index in [2.05, 4.69) is 32.8 Å². The first-order valence-corrected chi connectivity index (χ1v) is 8.18. The van der Waals surface area contributed by atoms with Gasteiger partial charge in [0, 0.05) is 21.6 Å². The van der Waals surface area contributed by atoms with Gasteiger partial charge in [-0.05, 0) is 30.3 Å². The Balaban J connectivity index is 2.10. The molecule has 0 aliphatic heterocycles. The van der Waals surface area contributed by atoms with Crippen LogP contribution in [0.2, 0.25) is 5.02 Å². The highest BCUT2D eigenvalue weighted by atomic mass is 79.9. The minimum Gasteiger partial charge on any atom is -0.457 e. The fraction of sp³-hybridized carbons (Fsp3) is 0.0588. The van der Waals surface area contributed by atoms with Crippen LogP contribution < -0.4 is 11.1 Å². The van der Waals surface area contributed by atoms with Gasteiger partial charge in [0.1, 0.15) is 17.6 Å². The van der Waals surface area contributed by atoms with E-state index in [9.17, 15) is 4.79 Å². The number of benzene rings is 1. The monoisotopic (exact) mass is 405 g/mol. The number of nitrogen functional groups attached to an aromatic ring is 1. The van der Waals surface area contributed by atoms with Crippen LogP contribution in [-0.4, -0.2) is 10.9 Å². The molecule has 0 spiro atoms. The Morgan fingerprint density at radius 3 is 2.88 bits per heavy atom. The Morgan fingerprint density at radius 1 is 1.42 bits per heavy atom. The third-order valence-electron chi connectivity index (χ3n) is 3.45. The zero-order valence-electron chi connectivity index (χ0n) is 12.4. The Hall–Kier alpha value is -2.31. The average Bonchev–Trinajstić information content (AvgIpc) is 2.97. The van der Waals surface area contributed by atoms with Gasteiger partial charge in [0.15, 0.2) is 5.58 Å². The van der Waals surface area contributed by atoms with Gasteiger partial charge in [-0.15, -0.1) is 0 Å². The summed E-state index contributed by atoms with van der Waals surface area (Å²) in [6.07, 6.45) is 2.79. The van der Waals surface area contributed by atoms with Crippen molar-refractivity contribution in [3.05, 3.63) is 70.0 Å². The largest absolute Gasteiger partial charge is 0.457 e. The molecule has 0 saturated carbocycles. The van der Waals surface area contributed by atoms with Crippen LogP contribution in [0.1, 0.15) is 17.4 Å². The number of carbonyl (C=O) groups is 1. The number of fused-ring (bicyclic) bond motifs is 1. The van der Waals surface area contributed by atoms with Gasteiger partial charge in [0.25, 0.3) is 0 Å².